The van der Waals surface area contributed by atoms with E-state index >= 15 is 0 Å². The van der Waals surface area contributed by atoms with Gasteiger partial charge in [0.05, 0.1) is 6.42 Å². The highest BCUT2D eigenvalue weighted by molar-refractivity contribution is 5.72. The lowest BCUT2D eigenvalue weighted by Gasteiger charge is -2.18. The number of hydrogen-bond acceptors (Lipinski definition) is 6. The second kappa shape index (κ2) is 48.7. The van der Waals surface area contributed by atoms with Crippen LogP contribution >= 0.6 is 0 Å². The van der Waals surface area contributed by atoms with E-state index in [0.717, 1.165) is 83.5 Å². The van der Waals surface area contributed by atoms with Gasteiger partial charge < -0.3 is 14.2 Å². The Bertz CT molecular complexity index is 1290. The van der Waals surface area contributed by atoms with Crippen molar-refractivity contribution in [1.82, 2.24) is 0 Å². The van der Waals surface area contributed by atoms with Crippen LogP contribution in [0.2, 0.25) is 0 Å². The summed E-state index contributed by atoms with van der Waals surface area (Å²) in [6, 6.07) is 0. The second-order valence-electron chi connectivity index (χ2n) is 15.6. The van der Waals surface area contributed by atoms with Crippen molar-refractivity contribution in [3.8, 4) is 0 Å². The molecular weight excluding hydrogens is 757 g/mol. The van der Waals surface area contributed by atoms with Crippen LogP contribution in [0.1, 0.15) is 201 Å². The third-order valence-electron chi connectivity index (χ3n) is 9.79. The molecule has 1 unspecified atom stereocenters. The van der Waals surface area contributed by atoms with Gasteiger partial charge in [-0.1, -0.05) is 201 Å². The van der Waals surface area contributed by atoms with E-state index in [1.165, 1.54) is 70.6 Å². The predicted octanol–water partition coefficient (Wildman–Crippen LogP) is 16.0. The van der Waals surface area contributed by atoms with Crippen LogP contribution in [0.25, 0.3) is 0 Å². The first kappa shape index (κ1) is 57.1. The van der Waals surface area contributed by atoms with Crippen LogP contribution in [0.3, 0.4) is 0 Å². The van der Waals surface area contributed by atoms with Crippen molar-refractivity contribution < 1.29 is 28.6 Å². The normalized spacial score (nSPS) is 13.0. The van der Waals surface area contributed by atoms with E-state index in [1.807, 2.05) is 18.2 Å². The maximum atomic E-state index is 12.7. The average Bonchev–Trinajstić information content (AvgIpc) is 3.26. The summed E-state index contributed by atoms with van der Waals surface area (Å²) in [5, 5.41) is 0. The van der Waals surface area contributed by atoms with Crippen molar-refractivity contribution in [3.63, 3.8) is 0 Å². The molecule has 0 bridgehead atoms. The summed E-state index contributed by atoms with van der Waals surface area (Å²) in [5.41, 5.74) is 0. The first-order chi connectivity index (χ1) is 30.0. The van der Waals surface area contributed by atoms with Gasteiger partial charge in [-0.25, -0.2) is 0 Å². The molecule has 0 saturated carbocycles. The summed E-state index contributed by atoms with van der Waals surface area (Å²) in [6.45, 7) is 6.22. The van der Waals surface area contributed by atoms with Crippen LogP contribution in [-0.2, 0) is 28.6 Å². The highest BCUT2D eigenvalue weighted by atomic mass is 16.6. The number of carbonyl (C=O) groups excluding carboxylic acids is 3. The second-order valence-corrected chi connectivity index (χ2v) is 15.6. The van der Waals surface area contributed by atoms with E-state index in [9.17, 15) is 14.4 Å². The minimum Gasteiger partial charge on any atom is -0.462 e. The summed E-state index contributed by atoms with van der Waals surface area (Å²) in [4.78, 5) is 37.7. The molecule has 0 N–H and O–H groups in total. The molecule has 0 radical (unpaired) electrons. The minimum absolute atomic E-state index is 0.115. The van der Waals surface area contributed by atoms with Gasteiger partial charge in [0.15, 0.2) is 6.10 Å². The highest BCUT2D eigenvalue weighted by Crippen LogP contribution is 2.13. The van der Waals surface area contributed by atoms with Crippen molar-refractivity contribution in [3.05, 3.63) is 109 Å². The molecule has 6 nitrogen and oxygen atoms in total. The van der Waals surface area contributed by atoms with Crippen molar-refractivity contribution in [2.45, 2.75) is 207 Å². The Morgan fingerprint density at radius 3 is 1.21 bits per heavy atom. The van der Waals surface area contributed by atoms with E-state index in [4.69, 9.17) is 14.2 Å². The van der Waals surface area contributed by atoms with Gasteiger partial charge in [0.25, 0.3) is 0 Å². The van der Waals surface area contributed by atoms with Crippen LogP contribution in [0, 0.1) is 0 Å². The predicted molar refractivity (Wildman–Crippen MR) is 260 cm³/mol. The SMILES string of the molecule is CC/C=C\C/C=C\C/C=C\C/C=C\C/C=C\CCC(=O)OC(COC(=O)C/C=C\C/C=C\C/C=C\CC)COC(=O)CCCCCCC/C=C\CCCCCCCCCCC. The Kier molecular flexibility index (Phi) is 45.6. The third kappa shape index (κ3) is 47.0. The first-order valence-electron chi connectivity index (χ1n) is 24.4. The standard InChI is InChI=1S/C55H88O6/c1-4-7-10-13-16-19-21-23-25-27-28-30-31-33-36-39-42-45-48-54(57)60-51-52(50-59-53(56)47-44-41-38-35-18-15-12-9-6-3)61-55(58)49-46-43-40-37-34-32-29-26-24-22-20-17-14-11-8-5-2/h8-9,11-12,17-18,20,24,26,28,30,32,34-35,40-41,43-44,52H,4-7,10,13-16,19,21-23,25,27,29,31,33,36-39,42,45-51H2,1-3H3/b11-8-,12-9-,20-17-,26-24-,30-28-,34-32-,35-18-,43-40-,44-41-. The molecule has 0 aliphatic rings. The van der Waals surface area contributed by atoms with Gasteiger partial charge in [0, 0.05) is 12.8 Å². The molecule has 61 heavy (non-hydrogen) atoms. The van der Waals surface area contributed by atoms with E-state index in [0.29, 0.717) is 12.8 Å². The molecular formula is C55H88O6. The van der Waals surface area contributed by atoms with E-state index < -0.39 is 18.0 Å². The average molecular weight is 845 g/mol. The molecule has 0 spiro atoms. The number of hydrogen-bond donors (Lipinski definition) is 0. The summed E-state index contributed by atoms with van der Waals surface area (Å²) in [6.07, 6.45) is 65.6. The summed E-state index contributed by atoms with van der Waals surface area (Å²) in [5.74, 6) is -1.17. The largest absolute Gasteiger partial charge is 0.462 e. The fraction of sp³-hybridized carbons (Fsp3) is 0.618. The highest BCUT2D eigenvalue weighted by Gasteiger charge is 2.19. The van der Waals surface area contributed by atoms with E-state index in [2.05, 4.69) is 106 Å². The number of unbranched alkanes of at least 4 members (excludes halogenated alkanes) is 14. The molecule has 0 aromatic rings. The number of rotatable bonds is 42. The number of carbonyl (C=O) groups is 3. The topological polar surface area (TPSA) is 78.9 Å². The first-order valence-corrected chi connectivity index (χ1v) is 24.4. The van der Waals surface area contributed by atoms with Gasteiger partial charge in [-0.3, -0.25) is 14.4 Å². The lowest BCUT2D eigenvalue weighted by molar-refractivity contribution is -0.166. The smallest absolute Gasteiger partial charge is 0.309 e. The maximum Gasteiger partial charge on any atom is 0.309 e. The van der Waals surface area contributed by atoms with Crippen LogP contribution in [0.4, 0.5) is 0 Å². The summed E-state index contributed by atoms with van der Waals surface area (Å²) in [7, 11) is 0. The summed E-state index contributed by atoms with van der Waals surface area (Å²) < 4.78 is 16.5. The van der Waals surface area contributed by atoms with E-state index in [-0.39, 0.29) is 32.0 Å². The molecule has 0 rings (SSSR count). The third-order valence-corrected chi connectivity index (χ3v) is 9.79. The Morgan fingerprint density at radius 2 is 0.738 bits per heavy atom. The fourth-order valence-electron chi connectivity index (χ4n) is 6.19. The van der Waals surface area contributed by atoms with E-state index in [1.54, 1.807) is 6.08 Å². The van der Waals surface area contributed by atoms with Crippen molar-refractivity contribution >= 4 is 17.9 Å². The zero-order valence-electron chi connectivity index (χ0n) is 39.1. The van der Waals surface area contributed by atoms with Crippen LogP contribution in [-0.4, -0.2) is 37.2 Å². The van der Waals surface area contributed by atoms with Crippen LogP contribution in [0.5, 0.6) is 0 Å². The minimum atomic E-state index is -0.856. The van der Waals surface area contributed by atoms with Gasteiger partial charge >= 0.3 is 17.9 Å². The van der Waals surface area contributed by atoms with Gasteiger partial charge in [-0.05, 0) is 89.9 Å². The van der Waals surface area contributed by atoms with Crippen LogP contribution < -0.4 is 0 Å². The molecule has 0 amide bonds. The number of allylic oxidation sites excluding steroid dienone is 17. The molecule has 1 atom stereocenters. The lowest BCUT2D eigenvalue weighted by Crippen LogP contribution is -2.30. The molecule has 0 saturated heterocycles. The zero-order chi connectivity index (χ0) is 44.4. The molecule has 0 aromatic carbocycles. The Hall–Kier alpha value is -3.93. The van der Waals surface area contributed by atoms with Crippen molar-refractivity contribution in [2.24, 2.45) is 0 Å². The maximum absolute atomic E-state index is 12.7. The molecule has 0 fully saturated rings. The number of ether oxygens (including phenoxy) is 3. The van der Waals surface area contributed by atoms with Gasteiger partial charge in [-0.15, -0.1) is 0 Å². The molecule has 0 aliphatic carbocycles. The number of esters is 3. The molecule has 0 heterocycles. The summed E-state index contributed by atoms with van der Waals surface area (Å²) >= 11 is 0. The van der Waals surface area contributed by atoms with Gasteiger partial charge in [-0.2, -0.15) is 0 Å². The Labute approximate surface area is 374 Å². The monoisotopic (exact) mass is 845 g/mol. The van der Waals surface area contributed by atoms with Crippen LogP contribution in [0.15, 0.2) is 109 Å². The zero-order valence-corrected chi connectivity index (χ0v) is 39.1. The Morgan fingerprint density at radius 1 is 0.361 bits per heavy atom. The molecule has 344 valence electrons. The molecule has 0 aliphatic heterocycles. The fourth-order valence-corrected chi connectivity index (χ4v) is 6.19. The lowest BCUT2D eigenvalue weighted by atomic mass is 10.1. The van der Waals surface area contributed by atoms with Gasteiger partial charge in [0.2, 0.25) is 0 Å². The molecule has 0 aromatic heterocycles. The Balaban J connectivity index is 4.51. The van der Waals surface area contributed by atoms with Crippen molar-refractivity contribution in [1.29, 1.82) is 0 Å². The quantitative estimate of drug-likeness (QED) is 0.0264. The van der Waals surface area contributed by atoms with Gasteiger partial charge in [0.1, 0.15) is 13.2 Å². The molecule has 6 heteroatoms. The van der Waals surface area contributed by atoms with Crippen molar-refractivity contribution in [2.75, 3.05) is 13.2 Å².